The summed E-state index contributed by atoms with van der Waals surface area (Å²) in [4.78, 5) is 8.30. The fourth-order valence-electron chi connectivity index (χ4n) is 1.36. The molecule has 4 nitrogen and oxygen atoms in total. The molecule has 17 heavy (non-hydrogen) atoms. The molecule has 0 aliphatic heterocycles. The van der Waals surface area contributed by atoms with Gasteiger partial charge in [0.1, 0.15) is 0 Å². The van der Waals surface area contributed by atoms with Crippen LogP contribution < -0.4 is 5.32 Å². The van der Waals surface area contributed by atoms with E-state index in [0.29, 0.717) is 18.1 Å². The quantitative estimate of drug-likeness (QED) is 0.868. The Balaban J connectivity index is 1.98. The van der Waals surface area contributed by atoms with Crippen LogP contribution in [0, 0.1) is 18.3 Å². The van der Waals surface area contributed by atoms with Crippen LogP contribution in [0.5, 0.6) is 0 Å². The third kappa shape index (κ3) is 3.02. The number of nitriles is 1. The maximum Gasteiger partial charge on any atom is 0.222 e. The van der Waals surface area contributed by atoms with Gasteiger partial charge in [-0.1, -0.05) is 12.1 Å². The smallest absolute Gasteiger partial charge is 0.222 e. The van der Waals surface area contributed by atoms with E-state index in [1.54, 1.807) is 24.5 Å². The SMILES string of the molecule is Cc1cnc(NCc2ccc(C#N)cc2)nc1. The van der Waals surface area contributed by atoms with E-state index in [1.807, 2.05) is 19.1 Å². The van der Waals surface area contributed by atoms with E-state index >= 15 is 0 Å². The Hall–Kier alpha value is -2.41. The Morgan fingerprint density at radius 3 is 2.41 bits per heavy atom. The van der Waals surface area contributed by atoms with E-state index in [9.17, 15) is 0 Å². The van der Waals surface area contributed by atoms with Crippen molar-refractivity contribution < 1.29 is 0 Å². The van der Waals surface area contributed by atoms with Gasteiger partial charge in [-0.05, 0) is 30.2 Å². The van der Waals surface area contributed by atoms with E-state index in [0.717, 1.165) is 11.1 Å². The minimum Gasteiger partial charge on any atom is -0.350 e. The Kier molecular flexibility index (Phi) is 3.31. The predicted octanol–water partition coefficient (Wildman–Crippen LogP) is 2.27. The molecule has 1 heterocycles. The summed E-state index contributed by atoms with van der Waals surface area (Å²) >= 11 is 0. The number of hydrogen-bond acceptors (Lipinski definition) is 4. The summed E-state index contributed by atoms with van der Waals surface area (Å²) in [6.45, 7) is 2.60. The van der Waals surface area contributed by atoms with Crippen molar-refractivity contribution in [3.63, 3.8) is 0 Å². The molecular weight excluding hydrogens is 212 g/mol. The average Bonchev–Trinajstić information content (AvgIpc) is 2.39. The zero-order valence-electron chi connectivity index (χ0n) is 9.51. The summed E-state index contributed by atoms with van der Waals surface area (Å²) in [5, 5.41) is 11.8. The van der Waals surface area contributed by atoms with Gasteiger partial charge in [-0.2, -0.15) is 5.26 Å². The number of rotatable bonds is 3. The molecule has 2 rings (SSSR count). The third-order valence-corrected chi connectivity index (χ3v) is 2.31. The molecule has 0 bridgehead atoms. The van der Waals surface area contributed by atoms with E-state index in [2.05, 4.69) is 21.4 Å². The van der Waals surface area contributed by atoms with Crippen molar-refractivity contribution in [2.45, 2.75) is 13.5 Å². The molecule has 0 aliphatic carbocycles. The average molecular weight is 224 g/mol. The van der Waals surface area contributed by atoms with Gasteiger partial charge in [-0.15, -0.1) is 0 Å². The van der Waals surface area contributed by atoms with Crippen molar-refractivity contribution in [1.29, 1.82) is 5.26 Å². The topological polar surface area (TPSA) is 61.6 Å². The van der Waals surface area contributed by atoms with Gasteiger partial charge in [0.15, 0.2) is 0 Å². The van der Waals surface area contributed by atoms with Crippen LogP contribution in [0.3, 0.4) is 0 Å². The second-order valence-electron chi connectivity index (χ2n) is 3.75. The first kappa shape index (κ1) is 11.1. The molecular formula is C13H12N4. The number of nitrogens with zero attached hydrogens (tertiary/aromatic N) is 3. The molecule has 4 heteroatoms. The van der Waals surface area contributed by atoms with Crippen molar-refractivity contribution in [2.75, 3.05) is 5.32 Å². The molecule has 1 aromatic carbocycles. The van der Waals surface area contributed by atoms with Crippen LogP contribution >= 0.6 is 0 Å². The lowest BCUT2D eigenvalue weighted by molar-refractivity contribution is 1.04. The van der Waals surface area contributed by atoms with Gasteiger partial charge in [-0.25, -0.2) is 9.97 Å². The fraction of sp³-hybridized carbons (Fsp3) is 0.154. The Bertz CT molecular complexity index is 523. The van der Waals surface area contributed by atoms with Crippen LogP contribution in [-0.4, -0.2) is 9.97 Å². The standard InChI is InChI=1S/C13H12N4/c1-10-7-15-13(16-8-10)17-9-12-4-2-11(6-14)3-5-12/h2-5,7-8H,9H2,1H3,(H,15,16,17). The van der Waals surface area contributed by atoms with Gasteiger partial charge in [0.05, 0.1) is 11.6 Å². The van der Waals surface area contributed by atoms with Gasteiger partial charge in [0.25, 0.3) is 0 Å². The second-order valence-corrected chi connectivity index (χ2v) is 3.75. The first-order chi connectivity index (χ1) is 8.28. The van der Waals surface area contributed by atoms with Crippen molar-refractivity contribution in [3.05, 3.63) is 53.3 Å². The third-order valence-electron chi connectivity index (χ3n) is 2.31. The maximum atomic E-state index is 8.68. The fourth-order valence-corrected chi connectivity index (χ4v) is 1.36. The highest BCUT2D eigenvalue weighted by molar-refractivity contribution is 5.33. The number of aromatic nitrogens is 2. The van der Waals surface area contributed by atoms with Crippen molar-refractivity contribution in [1.82, 2.24) is 9.97 Å². The van der Waals surface area contributed by atoms with Crippen molar-refractivity contribution in [3.8, 4) is 6.07 Å². The zero-order valence-corrected chi connectivity index (χ0v) is 9.51. The molecule has 2 aromatic rings. The lowest BCUT2D eigenvalue weighted by Gasteiger charge is -2.04. The summed E-state index contributed by atoms with van der Waals surface area (Å²) in [5.74, 6) is 0.611. The Labute approximate surface area is 100.0 Å². The van der Waals surface area contributed by atoms with Crippen LogP contribution in [0.4, 0.5) is 5.95 Å². The van der Waals surface area contributed by atoms with Crippen LogP contribution in [0.15, 0.2) is 36.7 Å². The molecule has 0 amide bonds. The van der Waals surface area contributed by atoms with E-state index in [4.69, 9.17) is 5.26 Å². The van der Waals surface area contributed by atoms with Crippen molar-refractivity contribution >= 4 is 5.95 Å². The van der Waals surface area contributed by atoms with E-state index < -0.39 is 0 Å². The monoisotopic (exact) mass is 224 g/mol. The van der Waals surface area contributed by atoms with Gasteiger partial charge >= 0.3 is 0 Å². The normalized spacial score (nSPS) is 9.65. The molecule has 0 saturated carbocycles. The van der Waals surface area contributed by atoms with Crippen LogP contribution in [0.2, 0.25) is 0 Å². The summed E-state index contributed by atoms with van der Waals surface area (Å²) in [5.41, 5.74) is 2.79. The van der Waals surface area contributed by atoms with Crippen LogP contribution in [-0.2, 0) is 6.54 Å². The van der Waals surface area contributed by atoms with E-state index in [1.165, 1.54) is 0 Å². The maximum absolute atomic E-state index is 8.68. The molecule has 84 valence electrons. The highest BCUT2D eigenvalue weighted by Crippen LogP contribution is 2.06. The molecule has 0 radical (unpaired) electrons. The predicted molar refractivity (Wildman–Crippen MR) is 65.3 cm³/mol. The number of aryl methyl sites for hydroxylation is 1. The number of anilines is 1. The molecule has 0 aliphatic rings. The number of nitrogens with one attached hydrogen (secondary N) is 1. The first-order valence-corrected chi connectivity index (χ1v) is 5.29. The van der Waals surface area contributed by atoms with Crippen LogP contribution in [0.1, 0.15) is 16.7 Å². The van der Waals surface area contributed by atoms with Gasteiger partial charge in [-0.3, -0.25) is 0 Å². The first-order valence-electron chi connectivity index (χ1n) is 5.29. The molecule has 0 spiro atoms. The van der Waals surface area contributed by atoms with Gasteiger partial charge in [0.2, 0.25) is 5.95 Å². The van der Waals surface area contributed by atoms with Gasteiger partial charge < -0.3 is 5.32 Å². The minimum absolute atomic E-state index is 0.611. The Morgan fingerprint density at radius 2 is 1.82 bits per heavy atom. The largest absolute Gasteiger partial charge is 0.350 e. The molecule has 0 unspecified atom stereocenters. The molecule has 0 saturated heterocycles. The number of hydrogen-bond donors (Lipinski definition) is 1. The summed E-state index contributed by atoms with van der Waals surface area (Å²) in [6, 6.07) is 9.52. The lowest BCUT2D eigenvalue weighted by atomic mass is 10.1. The lowest BCUT2D eigenvalue weighted by Crippen LogP contribution is -2.03. The molecule has 0 fully saturated rings. The van der Waals surface area contributed by atoms with Gasteiger partial charge in [0, 0.05) is 18.9 Å². The van der Waals surface area contributed by atoms with E-state index in [-0.39, 0.29) is 0 Å². The summed E-state index contributed by atoms with van der Waals surface area (Å²) in [6.07, 6.45) is 3.54. The summed E-state index contributed by atoms with van der Waals surface area (Å²) in [7, 11) is 0. The number of benzene rings is 1. The van der Waals surface area contributed by atoms with Crippen molar-refractivity contribution in [2.24, 2.45) is 0 Å². The highest BCUT2D eigenvalue weighted by Gasteiger charge is 1.96. The highest BCUT2D eigenvalue weighted by atomic mass is 15.1. The molecule has 0 atom stereocenters. The second kappa shape index (κ2) is 5.08. The minimum atomic E-state index is 0.611. The van der Waals surface area contributed by atoms with Crippen LogP contribution in [0.25, 0.3) is 0 Å². The Morgan fingerprint density at radius 1 is 1.18 bits per heavy atom. The molecule has 1 N–H and O–H groups in total. The summed E-state index contributed by atoms with van der Waals surface area (Å²) < 4.78 is 0. The zero-order chi connectivity index (χ0) is 12.1. The molecule has 1 aromatic heterocycles.